The lowest BCUT2D eigenvalue weighted by Crippen LogP contribution is -2.06. The molecule has 7 nitrogen and oxygen atoms in total. The first kappa shape index (κ1) is 14.5. The summed E-state index contributed by atoms with van der Waals surface area (Å²) in [5.41, 5.74) is 9.06. The molecule has 0 aliphatic carbocycles. The number of aromatic nitrogens is 5. The summed E-state index contributed by atoms with van der Waals surface area (Å²) in [4.78, 5) is 17.6. The molecule has 0 unspecified atom stereocenters. The zero-order valence-corrected chi connectivity index (χ0v) is 13.1. The average Bonchev–Trinajstić information content (AvgIpc) is 3.02. The number of aryl methyl sites for hydroxylation is 1. The van der Waals surface area contributed by atoms with E-state index in [1.54, 1.807) is 12.4 Å². The highest BCUT2D eigenvalue weighted by Crippen LogP contribution is 2.20. The lowest BCUT2D eigenvalue weighted by Gasteiger charge is -2.07. The highest BCUT2D eigenvalue weighted by molar-refractivity contribution is 5.80. The van der Waals surface area contributed by atoms with E-state index in [-0.39, 0.29) is 0 Å². The molecule has 120 valence electrons. The summed E-state index contributed by atoms with van der Waals surface area (Å²) < 4.78 is 2.10. The van der Waals surface area contributed by atoms with Gasteiger partial charge in [-0.05, 0) is 37.2 Å². The number of nitrogens with two attached hydrogens (primary N) is 1. The maximum absolute atomic E-state index is 5.60. The first-order valence-corrected chi connectivity index (χ1v) is 7.83. The number of rotatable bonds is 5. The number of benzene rings is 1. The molecule has 24 heavy (non-hydrogen) atoms. The van der Waals surface area contributed by atoms with E-state index in [0.29, 0.717) is 12.5 Å². The van der Waals surface area contributed by atoms with Crippen LogP contribution in [-0.4, -0.2) is 31.0 Å². The molecule has 0 fully saturated rings. The first-order valence-electron chi connectivity index (χ1n) is 7.83. The minimum atomic E-state index is 0.554. The van der Waals surface area contributed by atoms with Crippen molar-refractivity contribution in [1.82, 2.24) is 24.5 Å². The SMILES string of the molecule is NCCCn1ccc2cnc(Nc3ccc4nccnc4c3)nc21. The van der Waals surface area contributed by atoms with Gasteiger partial charge in [0, 0.05) is 42.4 Å². The normalized spacial score (nSPS) is 11.2. The third kappa shape index (κ3) is 2.77. The second kappa shape index (κ2) is 6.21. The molecule has 0 saturated carbocycles. The van der Waals surface area contributed by atoms with Crippen molar-refractivity contribution in [3.05, 3.63) is 49.1 Å². The fourth-order valence-corrected chi connectivity index (χ4v) is 2.64. The van der Waals surface area contributed by atoms with Crippen LogP contribution in [0.25, 0.3) is 22.1 Å². The van der Waals surface area contributed by atoms with Gasteiger partial charge in [0.1, 0.15) is 5.65 Å². The molecular weight excluding hydrogens is 302 g/mol. The summed E-state index contributed by atoms with van der Waals surface area (Å²) >= 11 is 0. The smallest absolute Gasteiger partial charge is 0.229 e. The Morgan fingerprint density at radius 3 is 2.79 bits per heavy atom. The van der Waals surface area contributed by atoms with Crippen LogP contribution >= 0.6 is 0 Å². The quantitative estimate of drug-likeness (QED) is 0.587. The van der Waals surface area contributed by atoms with Crippen LogP contribution in [0.1, 0.15) is 6.42 Å². The fourth-order valence-electron chi connectivity index (χ4n) is 2.64. The van der Waals surface area contributed by atoms with Crippen molar-refractivity contribution < 1.29 is 0 Å². The van der Waals surface area contributed by atoms with Gasteiger partial charge in [-0.15, -0.1) is 0 Å². The Balaban J connectivity index is 1.65. The molecule has 0 spiro atoms. The molecular formula is C17H17N7. The Kier molecular flexibility index (Phi) is 3.76. The van der Waals surface area contributed by atoms with Crippen LogP contribution in [0.4, 0.5) is 11.6 Å². The maximum Gasteiger partial charge on any atom is 0.229 e. The van der Waals surface area contributed by atoms with Crippen LogP contribution < -0.4 is 11.1 Å². The van der Waals surface area contributed by atoms with E-state index in [0.717, 1.165) is 40.7 Å². The van der Waals surface area contributed by atoms with E-state index in [4.69, 9.17) is 5.73 Å². The van der Waals surface area contributed by atoms with Crippen molar-refractivity contribution in [2.24, 2.45) is 5.73 Å². The van der Waals surface area contributed by atoms with Crippen molar-refractivity contribution >= 4 is 33.7 Å². The van der Waals surface area contributed by atoms with Crippen LogP contribution in [0.2, 0.25) is 0 Å². The summed E-state index contributed by atoms with van der Waals surface area (Å²) in [6.07, 6.45) is 8.12. The third-order valence-corrected chi connectivity index (χ3v) is 3.83. The molecule has 7 heteroatoms. The molecule has 0 amide bonds. The van der Waals surface area contributed by atoms with Gasteiger partial charge in [0.25, 0.3) is 0 Å². The van der Waals surface area contributed by atoms with Crippen LogP contribution in [0.15, 0.2) is 49.1 Å². The largest absolute Gasteiger partial charge is 0.332 e. The average molecular weight is 319 g/mol. The Hall–Kier alpha value is -3.06. The Morgan fingerprint density at radius 1 is 1.04 bits per heavy atom. The van der Waals surface area contributed by atoms with Crippen LogP contribution in [0.5, 0.6) is 0 Å². The number of hydrogen-bond acceptors (Lipinski definition) is 6. The van der Waals surface area contributed by atoms with E-state index in [2.05, 4.69) is 29.8 Å². The summed E-state index contributed by atoms with van der Waals surface area (Å²) in [6.45, 7) is 1.51. The third-order valence-electron chi connectivity index (χ3n) is 3.83. The summed E-state index contributed by atoms with van der Waals surface area (Å²) in [6, 6.07) is 7.82. The molecule has 0 saturated heterocycles. The second-order valence-corrected chi connectivity index (χ2v) is 5.51. The summed E-state index contributed by atoms with van der Waals surface area (Å²) in [7, 11) is 0. The summed E-state index contributed by atoms with van der Waals surface area (Å²) in [5.74, 6) is 0.554. The van der Waals surface area contributed by atoms with E-state index in [9.17, 15) is 0 Å². The van der Waals surface area contributed by atoms with Gasteiger partial charge in [-0.1, -0.05) is 0 Å². The minimum absolute atomic E-state index is 0.554. The van der Waals surface area contributed by atoms with Gasteiger partial charge in [-0.25, -0.2) is 4.98 Å². The maximum atomic E-state index is 5.60. The van der Waals surface area contributed by atoms with Gasteiger partial charge in [-0.2, -0.15) is 4.98 Å². The molecule has 3 N–H and O–H groups in total. The number of nitrogens with one attached hydrogen (secondary N) is 1. The number of nitrogens with zero attached hydrogens (tertiary/aromatic N) is 5. The van der Waals surface area contributed by atoms with Crippen LogP contribution in [0, 0.1) is 0 Å². The standard InChI is InChI=1S/C17H17N7/c18-5-1-8-24-9-4-12-11-21-17(23-16(12)24)22-13-2-3-14-15(10-13)20-7-6-19-14/h2-4,6-7,9-11H,1,5,8,18H2,(H,21,22,23). The van der Waals surface area contributed by atoms with Gasteiger partial charge in [-0.3, -0.25) is 9.97 Å². The number of hydrogen-bond donors (Lipinski definition) is 2. The summed E-state index contributed by atoms with van der Waals surface area (Å²) in [5, 5.41) is 4.25. The molecule has 0 radical (unpaired) electrons. The molecule has 4 rings (SSSR count). The van der Waals surface area contributed by atoms with E-state index < -0.39 is 0 Å². The minimum Gasteiger partial charge on any atom is -0.332 e. The molecule has 3 heterocycles. The van der Waals surface area contributed by atoms with Crippen molar-refractivity contribution in [1.29, 1.82) is 0 Å². The van der Waals surface area contributed by atoms with Gasteiger partial charge < -0.3 is 15.6 Å². The molecule has 0 aliphatic heterocycles. The highest BCUT2D eigenvalue weighted by Gasteiger charge is 2.06. The van der Waals surface area contributed by atoms with Crippen molar-refractivity contribution in [3.63, 3.8) is 0 Å². The number of anilines is 2. The molecule has 0 atom stereocenters. The second-order valence-electron chi connectivity index (χ2n) is 5.51. The Morgan fingerprint density at radius 2 is 1.92 bits per heavy atom. The lowest BCUT2D eigenvalue weighted by atomic mass is 10.2. The molecule has 0 bridgehead atoms. The monoisotopic (exact) mass is 319 g/mol. The fraction of sp³-hybridized carbons (Fsp3) is 0.176. The van der Waals surface area contributed by atoms with Crippen LogP contribution in [0.3, 0.4) is 0 Å². The highest BCUT2D eigenvalue weighted by atomic mass is 15.1. The Bertz CT molecular complexity index is 992. The Labute approximate surface area is 138 Å². The topological polar surface area (TPSA) is 94.5 Å². The molecule has 1 aromatic carbocycles. The number of fused-ring (bicyclic) bond motifs is 2. The first-order chi connectivity index (χ1) is 11.8. The molecule has 4 aromatic rings. The van der Waals surface area contributed by atoms with Gasteiger partial charge >= 0.3 is 0 Å². The molecule has 0 aliphatic rings. The molecule has 3 aromatic heterocycles. The van der Waals surface area contributed by atoms with E-state index in [1.165, 1.54) is 0 Å². The van der Waals surface area contributed by atoms with Crippen molar-refractivity contribution in [2.75, 3.05) is 11.9 Å². The zero-order valence-electron chi connectivity index (χ0n) is 13.1. The van der Waals surface area contributed by atoms with Crippen molar-refractivity contribution in [3.8, 4) is 0 Å². The van der Waals surface area contributed by atoms with E-state index >= 15 is 0 Å². The van der Waals surface area contributed by atoms with Gasteiger partial charge in [0.05, 0.1) is 11.0 Å². The van der Waals surface area contributed by atoms with Gasteiger partial charge in [0.15, 0.2) is 0 Å². The lowest BCUT2D eigenvalue weighted by molar-refractivity contribution is 0.666. The van der Waals surface area contributed by atoms with E-state index in [1.807, 2.05) is 36.7 Å². The van der Waals surface area contributed by atoms with Crippen LogP contribution in [-0.2, 0) is 6.54 Å². The predicted octanol–water partition coefficient (Wildman–Crippen LogP) is 2.47. The predicted molar refractivity (Wildman–Crippen MR) is 94.0 cm³/mol. The van der Waals surface area contributed by atoms with Crippen molar-refractivity contribution in [2.45, 2.75) is 13.0 Å². The van der Waals surface area contributed by atoms with Gasteiger partial charge in [0.2, 0.25) is 5.95 Å². The zero-order chi connectivity index (χ0) is 16.4.